The van der Waals surface area contributed by atoms with Crippen LogP contribution in [0.2, 0.25) is 0 Å². The summed E-state index contributed by atoms with van der Waals surface area (Å²) in [4.78, 5) is 44.1. The van der Waals surface area contributed by atoms with Crippen LogP contribution in [0.5, 0.6) is 5.75 Å². The molecule has 296 valence electrons. The van der Waals surface area contributed by atoms with Crippen molar-refractivity contribution in [1.82, 2.24) is 0 Å². The summed E-state index contributed by atoms with van der Waals surface area (Å²) >= 11 is 104. The van der Waals surface area contributed by atoms with Gasteiger partial charge in [-0.25, -0.2) is 14.4 Å². The normalized spacial score (nSPS) is 11.6. The number of methoxy groups -OCH3 is 2. The molecule has 0 aromatic heterocycles. The molecule has 0 radical (unpaired) electrons. The van der Waals surface area contributed by atoms with Gasteiger partial charge in [0.25, 0.3) is 13.0 Å². The van der Waals surface area contributed by atoms with Gasteiger partial charge in [0.1, 0.15) is 19.2 Å². The fourth-order valence-corrected chi connectivity index (χ4v) is 5.18. The number of Topliss-reactive ketones (excluding diaryl/α,β-unsaturated/α-hetero) is 1. The Morgan fingerprint density at radius 2 is 0.750 bits per heavy atom. The lowest BCUT2D eigenvalue weighted by atomic mass is 10.3. The van der Waals surface area contributed by atoms with Gasteiger partial charge in [0, 0.05) is 5.03 Å². The first-order valence-electron chi connectivity index (χ1n) is 12.0. The van der Waals surface area contributed by atoms with E-state index in [1.54, 1.807) is 30.3 Å². The van der Waals surface area contributed by atoms with Crippen molar-refractivity contribution in [2.24, 2.45) is 0 Å². The Bertz CT molecular complexity index is 1470. The molecule has 0 amide bonds. The number of esters is 3. The lowest BCUT2D eigenvalue weighted by molar-refractivity contribution is -0.141. The monoisotopic (exact) mass is 1110 g/mol. The number of allylic oxidation sites excluding steroid dienone is 2. The van der Waals surface area contributed by atoms with Gasteiger partial charge in [0.15, 0.2) is 5.78 Å². The Morgan fingerprint density at radius 3 is 1.00 bits per heavy atom. The lowest BCUT2D eigenvalue weighted by Crippen LogP contribution is -2.31. The van der Waals surface area contributed by atoms with Crippen molar-refractivity contribution in [3.8, 4) is 5.75 Å². The maximum atomic E-state index is 11.7. The summed E-state index contributed by atoms with van der Waals surface area (Å²) in [5, 5.41) is -1.09. The summed E-state index contributed by atoms with van der Waals surface area (Å²) < 4.78 is 4.43. The Hall–Kier alpha value is 1.77. The zero-order chi connectivity index (χ0) is 42.2. The van der Waals surface area contributed by atoms with Gasteiger partial charge in [0.05, 0.1) is 34.3 Å². The van der Waals surface area contributed by atoms with Crippen LogP contribution < -0.4 is 4.74 Å². The van der Waals surface area contributed by atoms with Crippen molar-refractivity contribution >= 4 is 244 Å². The second-order valence-electron chi connectivity index (χ2n) is 8.11. The van der Waals surface area contributed by atoms with Crippen LogP contribution in [0.15, 0.2) is 69.0 Å². The molecule has 0 unspecified atom stereocenters. The number of ether oxygens (including phenoxy) is 3. The van der Waals surface area contributed by atoms with Crippen molar-refractivity contribution in [2.45, 2.75) is 31.2 Å². The van der Waals surface area contributed by atoms with E-state index in [9.17, 15) is 19.2 Å². The van der Waals surface area contributed by atoms with Crippen molar-refractivity contribution in [3.05, 3.63) is 69.0 Å². The molecule has 0 aliphatic rings. The molecule has 0 aliphatic heterocycles. The number of para-hydroxylation sites is 1. The molecule has 7 nitrogen and oxygen atoms in total. The minimum absolute atomic E-state index is 0.145. The number of carbonyl (C=O) groups is 4. The van der Waals surface area contributed by atoms with Gasteiger partial charge in [0.2, 0.25) is 4.33 Å². The second kappa shape index (κ2) is 26.7. The van der Waals surface area contributed by atoms with Gasteiger partial charge >= 0.3 is 17.9 Å². The van der Waals surface area contributed by atoms with Crippen molar-refractivity contribution < 1.29 is 33.4 Å². The molecular formula is C26H17Cl19O7. The Morgan fingerprint density at radius 1 is 0.462 bits per heavy atom. The van der Waals surface area contributed by atoms with E-state index in [1.165, 1.54) is 13.8 Å². The topological polar surface area (TPSA) is 96.0 Å². The first-order valence-corrected chi connectivity index (χ1v) is 19.1. The third-order valence-electron chi connectivity index (χ3n) is 4.44. The minimum Gasteiger partial charge on any atom is -0.467 e. The summed E-state index contributed by atoms with van der Waals surface area (Å²) in [5.41, 5.74) is 0. The number of halogens is 19. The van der Waals surface area contributed by atoms with Crippen LogP contribution in [0.3, 0.4) is 0 Å². The number of benzene rings is 1. The van der Waals surface area contributed by atoms with Crippen molar-refractivity contribution in [1.29, 1.82) is 0 Å². The van der Waals surface area contributed by atoms with E-state index in [0.717, 1.165) is 14.2 Å². The molecule has 1 rings (SSSR count). The molecule has 52 heavy (non-hydrogen) atoms. The van der Waals surface area contributed by atoms with Crippen molar-refractivity contribution in [2.75, 3.05) is 14.2 Å². The molecule has 0 heterocycles. The minimum atomic E-state index is -2.14. The molecule has 26 heteroatoms. The summed E-state index contributed by atoms with van der Waals surface area (Å²) in [7, 11) is 2.25. The average molecular weight is 1120 g/mol. The highest BCUT2D eigenvalue weighted by Gasteiger charge is 2.42. The molecule has 0 bridgehead atoms. The van der Waals surface area contributed by atoms with Crippen LogP contribution in [0.4, 0.5) is 0 Å². The van der Waals surface area contributed by atoms with E-state index in [4.69, 9.17) is 225 Å². The molecule has 1 aromatic carbocycles. The highest BCUT2D eigenvalue weighted by atomic mass is 35.6. The van der Waals surface area contributed by atoms with Crippen LogP contribution in [0, 0.1) is 0 Å². The molecule has 0 atom stereocenters. The third kappa shape index (κ3) is 20.0. The van der Waals surface area contributed by atoms with E-state index < -0.39 is 50.5 Å². The lowest BCUT2D eigenvalue weighted by Gasteiger charge is -2.17. The summed E-state index contributed by atoms with van der Waals surface area (Å²) in [6.45, 7) is 2.64. The summed E-state index contributed by atoms with van der Waals surface area (Å²) in [5.74, 6) is -3.07. The Balaban J connectivity index is -0.000000627. The number of hydrogen-bond acceptors (Lipinski definition) is 7. The van der Waals surface area contributed by atoms with Gasteiger partial charge in [-0.15, -0.1) is 0 Å². The Kier molecular flexibility index (Phi) is 29.8. The highest BCUT2D eigenvalue weighted by molar-refractivity contribution is 6.70. The van der Waals surface area contributed by atoms with Crippen LogP contribution in [-0.2, 0) is 28.7 Å². The van der Waals surface area contributed by atoms with Gasteiger partial charge in [-0.05, 0) is 26.0 Å². The molecule has 0 saturated heterocycles. The van der Waals surface area contributed by atoms with Crippen LogP contribution in [0.25, 0.3) is 0 Å². The fraction of sp³-hybridized carbons (Fsp3) is 0.308. The summed E-state index contributed by atoms with van der Waals surface area (Å²) in [6.07, 6.45) is 0. The number of alkyl halides is 8. The predicted octanol–water partition coefficient (Wildman–Crippen LogP) is 14.5. The van der Waals surface area contributed by atoms with Gasteiger partial charge in [-0.2, -0.15) is 0 Å². The average Bonchev–Trinajstić information content (AvgIpc) is 3.06. The number of hydrogen-bond donors (Lipinski definition) is 0. The largest absolute Gasteiger partial charge is 0.467 e. The smallest absolute Gasteiger partial charge is 0.353 e. The van der Waals surface area contributed by atoms with Crippen LogP contribution in [0.1, 0.15) is 13.8 Å². The molecule has 0 fully saturated rings. The summed E-state index contributed by atoms with van der Waals surface area (Å²) in [6, 6.07) is 8.23. The Labute approximate surface area is 393 Å². The first kappa shape index (κ1) is 58.1. The third-order valence-corrected chi connectivity index (χ3v) is 12.2. The molecule has 0 saturated carbocycles. The SMILES string of the molecule is CC(=O)C(Cl)(Cl)C(Cl)=C(Cl)Cl.COC(=O)C(Cl)(Cl)/C(Cl)=C(\C)Cl.COC(=O)C(Cl)(Cl)C(Cl)=C(Cl)Cl.O=C(Oc1ccccc1)C(Cl)(Cl)C(Cl)=C(Cl)Cl. The van der Waals surface area contributed by atoms with E-state index in [0.29, 0.717) is 0 Å². The predicted molar refractivity (Wildman–Crippen MR) is 223 cm³/mol. The van der Waals surface area contributed by atoms with Crippen LogP contribution >= 0.6 is 220 Å². The fourth-order valence-electron chi connectivity index (χ4n) is 1.91. The maximum Gasteiger partial charge on any atom is 0.353 e. The molecular weight excluding hydrogens is 1100 g/mol. The van der Waals surface area contributed by atoms with Gasteiger partial charge in [-0.1, -0.05) is 239 Å². The van der Waals surface area contributed by atoms with Gasteiger partial charge < -0.3 is 14.2 Å². The maximum absolute atomic E-state index is 11.7. The van der Waals surface area contributed by atoms with Crippen LogP contribution in [-0.4, -0.2) is 55.2 Å². The van der Waals surface area contributed by atoms with E-state index >= 15 is 0 Å². The molecule has 0 spiro atoms. The molecule has 1 aromatic rings. The molecule has 0 aliphatic carbocycles. The number of rotatable bonds is 9. The van der Waals surface area contributed by atoms with E-state index in [-0.39, 0.29) is 34.9 Å². The zero-order valence-electron chi connectivity index (χ0n) is 25.4. The number of carbonyl (C=O) groups excluding carboxylic acids is 4. The highest BCUT2D eigenvalue weighted by Crippen LogP contribution is 2.41. The first-order chi connectivity index (χ1) is 23.3. The standard InChI is InChI=1S/C10H5Cl5O2.C6H6Cl4O2.C5H3Cl5O2.C5H3Cl5O/c11-7(8(12)13)10(14,15)9(16)17-6-4-2-1-3-5-6;1-3(7)4(8)6(9,10)5(11)12-2;1-12-4(11)5(9,10)2(6)3(7)8;1-2(11)5(9,10)3(6)4(7)8/h1-5H;1-2H3;1H3;1H3/b;4-3-;;. The van der Waals surface area contributed by atoms with Crippen molar-refractivity contribution in [3.63, 3.8) is 0 Å². The molecule has 0 N–H and O–H groups in total. The van der Waals surface area contributed by atoms with Gasteiger partial charge in [-0.3, -0.25) is 4.79 Å². The quantitative estimate of drug-likeness (QED) is 0.138. The zero-order valence-corrected chi connectivity index (χ0v) is 39.8. The van der Waals surface area contributed by atoms with E-state index in [1.807, 2.05) is 0 Å². The number of ketones is 1. The van der Waals surface area contributed by atoms with E-state index in [2.05, 4.69) is 9.47 Å². The second-order valence-corrected chi connectivity index (χ2v) is 18.3.